The van der Waals surface area contributed by atoms with E-state index in [2.05, 4.69) is 17.0 Å². The van der Waals surface area contributed by atoms with E-state index < -0.39 is 0 Å². The lowest BCUT2D eigenvalue weighted by Crippen LogP contribution is -2.17. The lowest BCUT2D eigenvalue weighted by atomic mass is 10.1. The van der Waals surface area contributed by atoms with E-state index >= 15 is 0 Å². The Morgan fingerprint density at radius 3 is 2.95 bits per heavy atom. The summed E-state index contributed by atoms with van der Waals surface area (Å²) in [7, 11) is 0. The lowest BCUT2D eigenvalue weighted by molar-refractivity contribution is 0.522. The summed E-state index contributed by atoms with van der Waals surface area (Å²) in [4.78, 5) is 4.30. The van der Waals surface area contributed by atoms with Crippen molar-refractivity contribution in [1.29, 1.82) is 0 Å². The topological polar surface area (TPSA) is 56.7 Å². The second kappa shape index (κ2) is 6.68. The number of hydrogen-bond acceptors (Lipinski definition) is 3. The van der Waals surface area contributed by atoms with Gasteiger partial charge in [0.15, 0.2) is 0 Å². The van der Waals surface area contributed by atoms with Gasteiger partial charge in [-0.3, -0.25) is 9.67 Å². The summed E-state index contributed by atoms with van der Waals surface area (Å²) >= 11 is 6.18. The highest BCUT2D eigenvalue weighted by Gasteiger charge is 2.16. The molecule has 2 N–H and O–H groups in total. The van der Waals surface area contributed by atoms with Gasteiger partial charge in [-0.15, -0.1) is 0 Å². The van der Waals surface area contributed by atoms with Crippen molar-refractivity contribution < 1.29 is 0 Å². The zero-order valence-corrected chi connectivity index (χ0v) is 11.8. The predicted octanol–water partition coefficient (Wildman–Crippen LogP) is 2.97. The minimum atomic E-state index is -0.108. The van der Waals surface area contributed by atoms with E-state index in [1.165, 1.54) is 0 Å². The van der Waals surface area contributed by atoms with Crippen molar-refractivity contribution in [2.24, 2.45) is 5.73 Å². The highest BCUT2D eigenvalue weighted by atomic mass is 35.5. The van der Waals surface area contributed by atoms with Gasteiger partial charge in [-0.05, 0) is 31.4 Å². The van der Waals surface area contributed by atoms with E-state index in [-0.39, 0.29) is 6.04 Å². The summed E-state index contributed by atoms with van der Waals surface area (Å²) in [6, 6.07) is 5.81. The van der Waals surface area contributed by atoms with Gasteiger partial charge >= 0.3 is 0 Å². The molecule has 0 saturated carbocycles. The van der Waals surface area contributed by atoms with Crippen molar-refractivity contribution in [2.45, 2.75) is 38.8 Å². The first-order valence-corrected chi connectivity index (χ1v) is 6.97. The van der Waals surface area contributed by atoms with Crippen LogP contribution in [0.3, 0.4) is 0 Å². The molecule has 0 aromatic carbocycles. The number of nitrogens with two attached hydrogens (primary N) is 1. The summed E-state index contributed by atoms with van der Waals surface area (Å²) in [5.74, 6) is 0. The Morgan fingerprint density at radius 2 is 2.26 bits per heavy atom. The Balaban J connectivity index is 2.03. The Kier molecular flexibility index (Phi) is 4.93. The summed E-state index contributed by atoms with van der Waals surface area (Å²) in [6.07, 6.45) is 6.14. The number of aryl methyl sites for hydroxylation is 2. The van der Waals surface area contributed by atoms with E-state index in [4.69, 9.17) is 17.3 Å². The number of nitrogens with zero attached hydrogens (tertiary/aromatic N) is 3. The molecule has 0 fully saturated rings. The van der Waals surface area contributed by atoms with Crippen molar-refractivity contribution in [2.75, 3.05) is 0 Å². The maximum absolute atomic E-state index is 6.25. The van der Waals surface area contributed by atoms with Gasteiger partial charge in [0.25, 0.3) is 0 Å². The molecule has 0 spiro atoms. The standard InChI is InChI=1S/C14H19ClN4/c1-2-9-19-14(12(15)10-18-19)13(16)7-6-11-5-3-4-8-17-11/h3-5,8,10,13H,2,6-7,9,16H2,1H3. The second-order valence-electron chi connectivity index (χ2n) is 4.57. The number of hydrogen-bond donors (Lipinski definition) is 1. The summed E-state index contributed by atoms with van der Waals surface area (Å²) < 4.78 is 1.91. The molecule has 1 unspecified atom stereocenters. The molecule has 102 valence electrons. The highest BCUT2D eigenvalue weighted by molar-refractivity contribution is 6.31. The van der Waals surface area contributed by atoms with Gasteiger partial charge in [-0.25, -0.2) is 0 Å². The van der Waals surface area contributed by atoms with Crippen LogP contribution in [0.5, 0.6) is 0 Å². The molecule has 0 aliphatic rings. The van der Waals surface area contributed by atoms with Crippen LogP contribution in [0.4, 0.5) is 0 Å². The smallest absolute Gasteiger partial charge is 0.0834 e. The zero-order valence-electron chi connectivity index (χ0n) is 11.1. The third-order valence-electron chi connectivity index (χ3n) is 3.06. The maximum atomic E-state index is 6.25. The van der Waals surface area contributed by atoms with Crippen LogP contribution >= 0.6 is 11.6 Å². The molecule has 19 heavy (non-hydrogen) atoms. The van der Waals surface area contributed by atoms with Gasteiger partial charge in [-0.1, -0.05) is 24.6 Å². The molecule has 0 radical (unpaired) electrons. The SMILES string of the molecule is CCCn1ncc(Cl)c1C(N)CCc1ccccn1. The van der Waals surface area contributed by atoms with Crippen molar-refractivity contribution in [1.82, 2.24) is 14.8 Å². The highest BCUT2D eigenvalue weighted by Crippen LogP contribution is 2.24. The molecule has 4 nitrogen and oxygen atoms in total. The molecular weight excluding hydrogens is 260 g/mol. The third kappa shape index (κ3) is 3.55. The van der Waals surface area contributed by atoms with Gasteiger partial charge in [0, 0.05) is 24.5 Å². The molecule has 2 heterocycles. The first-order valence-electron chi connectivity index (χ1n) is 6.59. The fourth-order valence-corrected chi connectivity index (χ4v) is 2.40. The minimum absolute atomic E-state index is 0.108. The molecule has 0 aliphatic carbocycles. The molecule has 0 saturated heterocycles. The molecule has 0 aliphatic heterocycles. The molecule has 2 aromatic rings. The molecule has 5 heteroatoms. The van der Waals surface area contributed by atoms with E-state index in [1.807, 2.05) is 22.9 Å². The number of aromatic nitrogens is 3. The molecular formula is C14H19ClN4. The molecule has 0 amide bonds. The Hall–Kier alpha value is -1.39. The maximum Gasteiger partial charge on any atom is 0.0834 e. The van der Waals surface area contributed by atoms with Crippen molar-refractivity contribution >= 4 is 11.6 Å². The lowest BCUT2D eigenvalue weighted by Gasteiger charge is -2.14. The van der Waals surface area contributed by atoms with Crippen LogP contribution in [0.1, 0.15) is 37.2 Å². The first kappa shape index (κ1) is 14.0. The van der Waals surface area contributed by atoms with Gasteiger partial charge in [-0.2, -0.15) is 5.10 Å². The monoisotopic (exact) mass is 278 g/mol. The minimum Gasteiger partial charge on any atom is -0.323 e. The van der Waals surface area contributed by atoms with Crippen LogP contribution in [0, 0.1) is 0 Å². The van der Waals surface area contributed by atoms with Crippen molar-refractivity contribution in [3.05, 3.63) is 47.0 Å². The molecule has 2 aromatic heterocycles. The molecule has 0 bridgehead atoms. The predicted molar refractivity (Wildman–Crippen MR) is 77.0 cm³/mol. The van der Waals surface area contributed by atoms with Crippen LogP contribution in [-0.2, 0) is 13.0 Å². The van der Waals surface area contributed by atoms with Crippen molar-refractivity contribution in [3.8, 4) is 0 Å². The van der Waals surface area contributed by atoms with Crippen LogP contribution in [-0.4, -0.2) is 14.8 Å². The molecule has 2 rings (SSSR count). The Morgan fingerprint density at radius 1 is 1.42 bits per heavy atom. The van der Waals surface area contributed by atoms with E-state index in [0.717, 1.165) is 37.2 Å². The Bertz CT molecular complexity index is 509. The third-order valence-corrected chi connectivity index (χ3v) is 3.35. The van der Waals surface area contributed by atoms with Gasteiger partial charge < -0.3 is 5.73 Å². The average Bonchev–Trinajstić information content (AvgIpc) is 2.79. The fourth-order valence-electron chi connectivity index (χ4n) is 2.12. The average molecular weight is 279 g/mol. The quantitative estimate of drug-likeness (QED) is 0.884. The van der Waals surface area contributed by atoms with Crippen LogP contribution in [0.15, 0.2) is 30.6 Å². The molecule has 1 atom stereocenters. The number of halogens is 1. The summed E-state index contributed by atoms with van der Waals surface area (Å²) in [5, 5.41) is 4.93. The summed E-state index contributed by atoms with van der Waals surface area (Å²) in [5.41, 5.74) is 8.23. The number of rotatable bonds is 6. The number of pyridine rings is 1. The van der Waals surface area contributed by atoms with Crippen LogP contribution in [0.2, 0.25) is 5.02 Å². The fraction of sp³-hybridized carbons (Fsp3) is 0.429. The van der Waals surface area contributed by atoms with Crippen LogP contribution in [0.25, 0.3) is 0 Å². The van der Waals surface area contributed by atoms with Gasteiger partial charge in [0.05, 0.1) is 16.9 Å². The largest absolute Gasteiger partial charge is 0.323 e. The normalized spacial score (nSPS) is 12.6. The van der Waals surface area contributed by atoms with Gasteiger partial charge in [0.1, 0.15) is 0 Å². The second-order valence-corrected chi connectivity index (χ2v) is 4.97. The van der Waals surface area contributed by atoms with Crippen molar-refractivity contribution in [3.63, 3.8) is 0 Å². The van der Waals surface area contributed by atoms with Crippen LogP contribution < -0.4 is 5.73 Å². The first-order chi connectivity index (χ1) is 9.22. The van der Waals surface area contributed by atoms with E-state index in [9.17, 15) is 0 Å². The summed E-state index contributed by atoms with van der Waals surface area (Å²) in [6.45, 7) is 2.96. The van der Waals surface area contributed by atoms with E-state index in [1.54, 1.807) is 12.4 Å². The van der Waals surface area contributed by atoms with Gasteiger partial charge in [0.2, 0.25) is 0 Å². The Labute approximate surface area is 118 Å². The zero-order chi connectivity index (χ0) is 13.7. The van der Waals surface area contributed by atoms with E-state index in [0.29, 0.717) is 5.02 Å².